The summed E-state index contributed by atoms with van der Waals surface area (Å²) in [5.41, 5.74) is 2.79. The first-order valence-electron chi connectivity index (χ1n) is 9.46. The minimum absolute atomic E-state index is 0.0915. The van der Waals surface area contributed by atoms with Gasteiger partial charge < -0.3 is 9.64 Å². The Morgan fingerprint density at radius 3 is 2.86 bits per heavy atom. The van der Waals surface area contributed by atoms with E-state index in [-0.39, 0.29) is 11.8 Å². The van der Waals surface area contributed by atoms with E-state index in [9.17, 15) is 4.79 Å². The monoisotopic (exact) mass is 395 g/mol. The lowest BCUT2D eigenvalue weighted by Gasteiger charge is -2.16. The maximum absolute atomic E-state index is 12.6. The zero-order valence-electron chi connectivity index (χ0n) is 15.5. The molecule has 1 amide bonds. The number of H-pyrrole nitrogens is 1. The van der Waals surface area contributed by atoms with E-state index in [0.717, 1.165) is 42.1 Å². The molecule has 1 aliphatic heterocycles. The number of nitrogens with one attached hydrogen (secondary N) is 1. The summed E-state index contributed by atoms with van der Waals surface area (Å²) < 4.78 is 5.74. The van der Waals surface area contributed by atoms with Crippen LogP contribution in [0.25, 0.3) is 0 Å². The number of hydrogen-bond acceptors (Lipinski definition) is 3. The Morgan fingerprint density at radius 2 is 2.04 bits per heavy atom. The van der Waals surface area contributed by atoms with Crippen LogP contribution in [0.1, 0.15) is 34.1 Å². The number of ether oxygens (including phenoxy) is 1. The van der Waals surface area contributed by atoms with Crippen molar-refractivity contribution in [3.63, 3.8) is 0 Å². The molecule has 0 unspecified atom stereocenters. The molecule has 2 aromatic carbocycles. The highest BCUT2D eigenvalue weighted by Gasteiger charge is 2.29. The molecule has 5 nitrogen and oxygen atoms in total. The van der Waals surface area contributed by atoms with Gasteiger partial charge in [-0.25, -0.2) is 0 Å². The Labute approximate surface area is 169 Å². The van der Waals surface area contributed by atoms with Gasteiger partial charge in [-0.2, -0.15) is 5.10 Å². The van der Waals surface area contributed by atoms with Gasteiger partial charge in [0.25, 0.3) is 5.91 Å². The van der Waals surface area contributed by atoms with E-state index in [0.29, 0.717) is 18.2 Å². The van der Waals surface area contributed by atoms with Gasteiger partial charge in [0.05, 0.1) is 12.3 Å². The fourth-order valence-corrected chi connectivity index (χ4v) is 3.68. The molecule has 1 atom stereocenters. The zero-order valence-corrected chi connectivity index (χ0v) is 16.2. The van der Waals surface area contributed by atoms with Gasteiger partial charge >= 0.3 is 0 Å². The van der Waals surface area contributed by atoms with Gasteiger partial charge in [-0.1, -0.05) is 35.9 Å². The second-order valence-electron chi connectivity index (χ2n) is 6.98. The van der Waals surface area contributed by atoms with Crippen LogP contribution in [0.3, 0.4) is 0 Å². The fourth-order valence-electron chi connectivity index (χ4n) is 3.50. The molecule has 0 saturated carbocycles. The van der Waals surface area contributed by atoms with Gasteiger partial charge in [0, 0.05) is 41.7 Å². The van der Waals surface area contributed by atoms with E-state index in [1.54, 1.807) is 6.07 Å². The SMILES string of the molecule is O=C(c1ccccc1)N1CC[C@@H](c2cc(CCOc3cccc(Cl)c3)[nH]n2)C1. The third-order valence-electron chi connectivity index (χ3n) is 5.00. The van der Waals surface area contributed by atoms with Crippen LogP contribution in [0.2, 0.25) is 5.02 Å². The highest BCUT2D eigenvalue weighted by molar-refractivity contribution is 6.30. The highest BCUT2D eigenvalue weighted by atomic mass is 35.5. The normalized spacial score (nSPS) is 16.3. The number of aromatic nitrogens is 2. The molecule has 1 saturated heterocycles. The van der Waals surface area contributed by atoms with Crippen molar-refractivity contribution in [3.8, 4) is 5.75 Å². The number of carbonyl (C=O) groups excluding carboxylic acids is 1. The van der Waals surface area contributed by atoms with E-state index >= 15 is 0 Å². The summed E-state index contributed by atoms with van der Waals surface area (Å²) in [4.78, 5) is 14.5. The van der Waals surface area contributed by atoms with Crippen molar-refractivity contribution in [1.82, 2.24) is 15.1 Å². The number of nitrogens with zero attached hydrogens (tertiary/aromatic N) is 2. The maximum Gasteiger partial charge on any atom is 0.253 e. The van der Waals surface area contributed by atoms with E-state index in [4.69, 9.17) is 16.3 Å². The minimum atomic E-state index is 0.0915. The predicted octanol–water partition coefficient (Wildman–Crippen LogP) is 4.31. The fraction of sp³-hybridized carbons (Fsp3) is 0.273. The lowest BCUT2D eigenvalue weighted by molar-refractivity contribution is 0.0790. The summed E-state index contributed by atoms with van der Waals surface area (Å²) in [5.74, 6) is 1.12. The predicted molar refractivity (Wildman–Crippen MR) is 109 cm³/mol. The van der Waals surface area contributed by atoms with Crippen LogP contribution in [0, 0.1) is 0 Å². The molecule has 0 radical (unpaired) electrons. The molecule has 0 bridgehead atoms. The molecule has 4 rings (SSSR count). The van der Waals surface area contributed by atoms with Crippen molar-refractivity contribution >= 4 is 17.5 Å². The van der Waals surface area contributed by atoms with Gasteiger partial charge in [0.1, 0.15) is 5.75 Å². The molecule has 1 aromatic heterocycles. The Balaban J connectivity index is 1.30. The third kappa shape index (κ3) is 4.37. The highest BCUT2D eigenvalue weighted by Crippen LogP contribution is 2.27. The number of likely N-dealkylation sites (tertiary alicyclic amines) is 1. The van der Waals surface area contributed by atoms with Crippen molar-refractivity contribution in [1.29, 1.82) is 0 Å². The molecular formula is C22H22ClN3O2. The number of halogens is 1. The smallest absolute Gasteiger partial charge is 0.253 e. The van der Waals surface area contributed by atoms with Crippen molar-refractivity contribution < 1.29 is 9.53 Å². The van der Waals surface area contributed by atoms with Gasteiger partial charge in [0.15, 0.2) is 0 Å². The number of amides is 1. The van der Waals surface area contributed by atoms with Crippen LogP contribution in [0.4, 0.5) is 0 Å². The van der Waals surface area contributed by atoms with Crippen LogP contribution < -0.4 is 4.74 Å². The lowest BCUT2D eigenvalue weighted by atomic mass is 10.0. The molecule has 3 aromatic rings. The Morgan fingerprint density at radius 1 is 1.18 bits per heavy atom. The summed E-state index contributed by atoms with van der Waals surface area (Å²) in [7, 11) is 0. The van der Waals surface area contributed by atoms with Gasteiger partial charge in [-0.05, 0) is 42.8 Å². The average molecular weight is 396 g/mol. The van der Waals surface area contributed by atoms with Crippen LogP contribution in [-0.2, 0) is 6.42 Å². The first-order valence-corrected chi connectivity index (χ1v) is 9.84. The molecule has 28 heavy (non-hydrogen) atoms. The molecule has 1 N–H and O–H groups in total. The molecule has 1 aliphatic rings. The van der Waals surface area contributed by atoms with E-state index < -0.39 is 0 Å². The molecule has 1 fully saturated rings. The van der Waals surface area contributed by atoms with E-state index in [2.05, 4.69) is 16.3 Å². The second-order valence-corrected chi connectivity index (χ2v) is 7.41. The van der Waals surface area contributed by atoms with Crippen molar-refractivity contribution in [3.05, 3.63) is 82.6 Å². The molecule has 0 aliphatic carbocycles. The van der Waals surface area contributed by atoms with Gasteiger partial charge in [-0.15, -0.1) is 0 Å². The number of carbonyl (C=O) groups is 1. The van der Waals surface area contributed by atoms with Crippen molar-refractivity contribution in [2.24, 2.45) is 0 Å². The Bertz CT molecular complexity index is 942. The minimum Gasteiger partial charge on any atom is -0.493 e. The first kappa shape index (κ1) is 18.6. The molecule has 144 valence electrons. The summed E-state index contributed by atoms with van der Waals surface area (Å²) in [6.45, 7) is 2.01. The largest absolute Gasteiger partial charge is 0.493 e. The summed E-state index contributed by atoms with van der Waals surface area (Å²) >= 11 is 5.97. The van der Waals surface area contributed by atoms with Crippen molar-refractivity contribution in [2.75, 3.05) is 19.7 Å². The summed E-state index contributed by atoms with van der Waals surface area (Å²) in [5, 5.41) is 8.23. The number of aromatic amines is 1. The summed E-state index contributed by atoms with van der Waals surface area (Å²) in [6.07, 6.45) is 1.67. The maximum atomic E-state index is 12.6. The molecule has 6 heteroatoms. The lowest BCUT2D eigenvalue weighted by Crippen LogP contribution is -2.28. The quantitative estimate of drug-likeness (QED) is 0.676. The van der Waals surface area contributed by atoms with Crippen LogP contribution in [0.15, 0.2) is 60.7 Å². The van der Waals surface area contributed by atoms with Gasteiger partial charge in [0.2, 0.25) is 0 Å². The molecule has 2 heterocycles. The summed E-state index contributed by atoms with van der Waals surface area (Å²) in [6, 6.07) is 18.9. The average Bonchev–Trinajstić information content (AvgIpc) is 3.38. The van der Waals surface area contributed by atoms with Crippen LogP contribution in [0.5, 0.6) is 5.75 Å². The van der Waals surface area contributed by atoms with E-state index in [1.807, 2.05) is 53.4 Å². The zero-order chi connectivity index (χ0) is 19.3. The Hall–Kier alpha value is -2.79. The molecular weight excluding hydrogens is 374 g/mol. The second kappa shape index (κ2) is 8.48. The number of rotatable bonds is 6. The molecule has 0 spiro atoms. The van der Waals surface area contributed by atoms with E-state index in [1.165, 1.54) is 0 Å². The van der Waals surface area contributed by atoms with Crippen molar-refractivity contribution in [2.45, 2.75) is 18.8 Å². The van der Waals surface area contributed by atoms with Crippen LogP contribution in [-0.4, -0.2) is 40.7 Å². The number of benzene rings is 2. The topological polar surface area (TPSA) is 58.2 Å². The number of hydrogen-bond donors (Lipinski definition) is 1. The Kier molecular flexibility index (Phi) is 5.63. The standard InChI is InChI=1S/C22H22ClN3O2/c23-18-7-4-8-20(13-18)28-12-10-19-14-21(25-24-19)17-9-11-26(15-17)22(27)16-5-2-1-3-6-16/h1-8,13-14,17H,9-12,15H2,(H,24,25)/t17-/m1/s1. The third-order valence-corrected chi connectivity index (χ3v) is 5.24. The van der Waals surface area contributed by atoms with Gasteiger partial charge in [-0.3, -0.25) is 9.89 Å². The van der Waals surface area contributed by atoms with Crippen LogP contribution >= 0.6 is 11.6 Å². The first-order chi connectivity index (χ1) is 13.7.